The van der Waals surface area contributed by atoms with E-state index in [-0.39, 0.29) is 12.3 Å². The van der Waals surface area contributed by atoms with E-state index in [1.807, 2.05) is 50.8 Å². The molecule has 0 saturated heterocycles. The van der Waals surface area contributed by atoms with Crippen molar-refractivity contribution in [2.45, 2.75) is 34.1 Å². The molecule has 1 heterocycles. The van der Waals surface area contributed by atoms with Gasteiger partial charge in [0.25, 0.3) is 0 Å². The summed E-state index contributed by atoms with van der Waals surface area (Å²) in [6, 6.07) is 12.1. The summed E-state index contributed by atoms with van der Waals surface area (Å²) in [6.45, 7) is 8.70. The summed E-state index contributed by atoms with van der Waals surface area (Å²) in [5.74, 6) is 0.0305. The molecule has 3 rings (SSSR count). The van der Waals surface area contributed by atoms with Gasteiger partial charge in [-0.1, -0.05) is 28.9 Å². The van der Waals surface area contributed by atoms with Crippen molar-refractivity contribution in [3.63, 3.8) is 0 Å². The Morgan fingerprint density at radius 1 is 1.08 bits per heavy atom. The van der Waals surface area contributed by atoms with Crippen LogP contribution in [-0.2, 0) is 11.2 Å². The third-order valence-electron chi connectivity index (χ3n) is 4.29. The third-order valence-corrected chi connectivity index (χ3v) is 4.29. The predicted octanol–water partition coefficient (Wildman–Crippen LogP) is 4.35. The van der Waals surface area contributed by atoms with Gasteiger partial charge in [0, 0.05) is 17.6 Å². The molecule has 1 amide bonds. The lowest BCUT2D eigenvalue weighted by molar-refractivity contribution is -0.118. The molecule has 3 aromatic rings. The molecule has 4 nitrogen and oxygen atoms in total. The minimum Gasteiger partial charge on any atom is -0.356 e. The summed E-state index contributed by atoms with van der Waals surface area (Å²) in [6.07, 6.45) is 0.234. The second-order valence-corrected chi connectivity index (χ2v) is 6.23. The van der Waals surface area contributed by atoms with Crippen molar-refractivity contribution in [3.05, 3.63) is 58.8 Å². The quantitative estimate of drug-likeness (QED) is 0.717. The van der Waals surface area contributed by atoms with Crippen LogP contribution in [0.25, 0.3) is 11.0 Å². The van der Waals surface area contributed by atoms with Crippen molar-refractivity contribution in [1.29, 1.82) is 0 Å². The van der Waals surface area contributed by atoms with E-state index in [0.29, 0.717) is 12.2 Å². The number of hydrogen-bond acceptors (Lipinski definition) is 3. The van der Waals surface area contributed by atoms with Crippen LogP contribution in [0.3, 0.4) is 0 Å². The van der Waals surface area contributed by atoms with Gasteiger partial charge < -0.3 is 9.42 Å². The lowest BCUT2D eigenvalue weighted by Crippen LogP contribution is -2.32. The Morgan fingerprint density at radius 2 is 1.79 bits per heavy atom. The molecule has 124 valence electrons. The van der Waals surface area contributed by atoms with Crippen molar-refractivity contribution in [2.24, 2.45) is 0 Å². The predicted molar refractivity (Wildman–Crippen MR) is 96.4 cm³/mol. The minimum atomic E-state index is 0.0305. The second kappa shape index (κ2) is 6.48. The highest BCUT2D eigenvalue weighted by atomic mass is 16.5. The Balaban J connectivity index is 1.91. The highest BCUT2D eigenvalue weighted by Crippen LogP contribution is 2.24. The number of anilines is 1. The summed E-state index contributed by atoms with van der Waals surface area (Å²) in [4.78, 5) is 14.7. The van der Waals surface area contributed by atoms with Crippen LogP contribution in [0.1, 0.15) is 29.3 Å². The van der Waals surface area contributed by atoms with Crippen molar-refractivity contribution < 1.29 is 9.32 Å². The second-order valence-electron chi connectivity index (χ2n) is 6.23. The largest absolute Gasteiger partial charge is 0.356 e. The normalized spacial score (nSPS) is 11.0. The highest BCUT2D eigenvalue weighted by Gasteiger charge is 2.19. The topological polar surface area (TPSA) is 46.3 Å². The highest BCUT2D eigenvalue weighted by molar-refractivity contribution is 5.97. The summed E-state index contributed by atoms with van der Waals surface area (Å²) in [7, 11) is 0. The summed E-state index contributed by atoms with van der Waals surface area (Å²) < 4.78 is 5.35. The Labute approximate surface area is 142 Å². The molecule has 0 aliphatic heterocycles. The van der Waals surface area contributed by atoms with Gasteiger partial charge in [0.2, 0.25) is 5.91 Å². The number of likely N-dealkylation sites (N-methyl/N-ethyl adjacent to an activating group) is 1. The molecular weight excluding hydrogens is 300 g/mol. The average Bonchev–Trinajstić information content (AvgIpc) is 2.93. The van der Waals surface area contributed by atoms with Gasteiger partial charge in [0.1, 0.15) is 5.69 Å². The van der Waals surface area contributed by atoms with E-state index in [0.717, 1.165) is 33.3 Å². The maximum atomic E-state index is 12.9. The maximum absolute atomic E-state index is 12.9. The molecule has 0 fully saturated rings. The zero-order chi connectivity index (χ0) is 17.3. The van der Waals surface area contributed by atoms with E-state index >= 15 is 0 Å². The first-order valence-electron chi connectivity index (χ1n) is 8.22. The van der Waals surface area contributed by atoms with E-state index in [2.05, 4.69) is 23.4 Å². The molecule has 0 spiro atoms. The van der Waals surface area contributed by atoms with E-state index in [9.17, 15) is 4.79 Å². The van der Waals surface area contributed by atoms with Crippen LogP contribution in [0.15, 0.2) is 40.9 Å². The number of amides is 1. The molecule has 2 aromatic carbocycles. The zero-order valence-electron chi connectivity index (χ0n) is 14.6. The number of carbonyl (C=O) groups is 1. The first-order chi connectivity index (χ1) is 11.5. The van der Waals surface area contributed by atoms with Crippen LogP contribution in [0, 0.1) is 20.8 Å². The molecule has 0 unspecified atom stereocenters. The van der Waals surface area contributed by atoms with Gasteiger partial charge in [-0.2, -0.15) is 0 Å². The molecule has 24 heavy (non-hydrogen) atoms. The van der Waals surface area contributed by atoms with E-state index < -0.39 is 0 Å². The minimum absolute atomic E-state index is 0.0305. The summed E-state index contributed by atoms with van der Waals surface area (Å²) in [5, 5.41) is 5.02. The van der Waals surface area contributed by atoms with E-state index in [1.165, 1.54) is 0 Å². The van der Waals surface area contributed by atoms with Gasteiger partial charge in [0.05, 0.1) is 6.42 Å². The first kappa shape index (κ1) is 16.2. The first-order valence-corrected chi connectivity index (χ1v) is 8.22. The number of hydrogen-bond donors (Lipinski definition) is 0. The van der Waals surface area contributed by atoms with E-state index in [4.69, 9.17) is 4.52 Å². The van der Waals surface area contributed by atoms with Gasteiger partial charge in [-0.3, -0.25) is 4.79 Å². The average molecular weight is 322 g/mol. The molecule has 0 aliphatic carbocycles. The number of fused-ring (bicyclic) bond motifs is 1. The number of rotatable bonds is 4. The number of nitrogens with zero attached hydrogens (tertiary/aromatic N) is 2. The molecule has 1 aromatic heterocycles. The number of carbonyl (C=O) groups excluding carboxylic acids is 1. The molecular formula is C20H22N2O2. The van der Waals surface area contributed by atoms with Crippen LogP contribution in [0.2, 0.25) is 0 Å². The lowest BCUT2D eigenvalue weighted by Gasteiger charge is -2.23. The van der Waals surface area contributed by atoms with Gasteiger partial charge in [0.15, 0.2) is 5.58 Å². The fourth-order valence-electron chi connectivity index (χ4n) is 2.96. The SMILES string of the molecule is CCN(C(=O)Cc1noc2ccc(C)cc12)c1cc(C)ccc1C. The van der Waals surface area contributed by atoms with Gasteiger partial charge >= 0.3 is 0 Å². The smallest absolute Gasteiger partial charge is 0.233 e. The number of aryl methyl sites for hydroxylation is 3. The van der Waals surface area contributed by atoms with Crippen LogP contribution >= 0.6 is 0 Å². The number of aromatic nitrogens is 1. The van der Waals surface area contributed by atoms with Crippen LogP contribution in [0.4, 0.5) is 5.69 Å². The van der Waals surface area contributed by atoms with E-state index in [1.54, 1.807) is 0 Å². The van der Waals surface area contributed by atoms with Gasteiger partial charge in [-0.15, -0.1) is 0 Å². The molecule has 0 N–H and O–H groups in total. The van der Waals surface area contributed by atoms with Gasteiger partial charge in [-0.05, 0) is 57.0 Å². The van der Waals surface area contributed by atoms with Gasteiger partial charge in [-0.25, -0.2) is 0 Å². The molecule has 0 bridgehead atoms. The Morgan fingerprint density at radius 3 is 2.54 bits per heavy atom. The van der Waals surface area contributed by atoms with Crippen LogP contribution < -0.4 is 4.90 Å². The summed E-state index contributed by atoms with van der Waals surface area (Å²) in [5.41, 5.74) is 5.74. The lowest BCUT2D eigenvalue weighted by atomic mass is 10.1. The van der Waals surface area contributed by atoms with Crippen LogP contribution in [0.5, 0.6) is 0 Å². The standard InChI is InChI=1S/C20H22N2O2/c1-5-22(18-11-14(3)6-8-15(18)4)20(23)12-17-16-10-13(2)7-9-19(16)24-21-17/h6-11H,5,12H2,1-4H3. The fourth-order valence-corrected chi connectivity index (χ4v) is 2.96. The monoisotopic (exact) mass is 322 g/mol. The fraction of sp³-hybridized carbons (Fsp3) is 0.300. The Kier molecular flexibility index (Phi) is 4.38. The molecule has 0 atom stereocenters. The number of benzene rings is 2. The van der Waals surface area contributed by atoms with Crippen molar-refractivity contribution in [3.8, 4) is 0 Å². The molecule has 0 radical (unpaired) electrons. The van der Waals surface area contributed by atoms with Crippen molar-refractivity contribution in [1.82, 2.24) is 5.16 Å². The molecule has 4 heteroatoms. The Hall–Kier alpha value is -2.62. The Bertz CT molecular complexity index is 896. The third kappa shape index (κ3) is 3.04. The maximum Gasteiger partial charge on any atom is 0.233 e. The zero-order valence-corrected chi connectivity index (χ0v) is 14.6. The van der Waals surface area contributed by atoms with Crippen molar-refractivity contribution >= 4 is 22.6 Å². The molecule has 0 aliphatic rings. The van der Waals surface area contributed by atoms with Crippen molar-refractivity contribution in [2.75, 3.05) is 11.4 Å². The van der Waals surface area contributed by atoms with Crippen LogP contribution in [-0.4, -0.2) is 17.6 Å². The summed E-state index contributed by atoms with van der Waals surface area (Å²) >= 11 is 0. The molecule has 0 saturated carbocycles.